The molecule has 5 heteroatoms. The van der Waals surface area contributed by atoms with E-state index in [1.54, 1.807) is 0 Å². The Balaban J connectivity index is 2.42. The van der Waals surface area contributed by atoms with Crippen molar-refractivity contribution < 1.29 is 9.53 Å². The molecule has 1 rings (SSSR count). The highest BCUT2D eigenvalue weighted by atomic mass is 16.6. The second kappa shape index (κ2) is 11.4. The van der Waals surface area contributed by atoms with Gasteiger partial charge in [-0.1, -0.05) is 38.5 Å². The highest BCUT2D eigenvalue weighted by molar-refractivity contribution is 5.68. The minimum Gasteiger partial charge on any atom is -0.444 e. The number of hydrogen-bond donors (Lipinski definition) is 1. The van der Waals surface area contributed by atoms with Crippen LogP contribution in [0.2, 0.25) is 0 Å². The molecule has 0 radical (unpaired) electrons. The smallest absolute Gasteiger partial charge is 0.407 e. The largest absolute Gasteiger partial charge is 0.444 e. The van der Waals surface area contributed by atoms with Crippen LogP contribution in [0.15, 0.2) is 10.2 Å². The summed E-state index contributed by atoms with van der Waals surface area (Å²) in [7, 11) is 0. The van der Waals surface area contributed by atoms with Crippen LogP contribution in [0.3, 0.4) is 0 Å². The summed E-state index contributed by atoms with van der Waals surface area (Å²) < 4.78 is 5.37. The van der Waals surface area contributed by atoms with Gasteiger partial charge >= 0.3 is 6.09 Å². The van der Waals surface area contributed by atoms with Gasteiger partial charge in [0.25, 0.3) is 0 Å². The summed E-state index contributed by atoms with van der Waals surface area (Å²) in [5, 5.41) is 11.5. The topological polar surface area (TPSA) is 63.0 Å². The van der Waals surface area contributed by atoms with Crippen molar-refractivity contribution in [3.63, 3.8) is 0 Å². The van der Waals surface area contributed by atoms with Gasteiger partial charge in [0.2, 0.25) is 0 Å². The van der Waals surface area contributed by atoms with E-state index in [9.17, 15) is 4.79 Å². The van der Waals surface area contributed by atoms with Crippen molar-refractivity contribution in [2.75, 3.05) is 13.1 Å². The molecule has 5 nitrogen and oxygen atoms in total. The van der Waals surface area contributed by atoms with Gasteiger partial charge in [-0.2, -0.15) is 10.2 Å². The van der Waals surface area contributed by atoms with E-state index in [2.05, 4.69) is 15.5 Å². The number of nitrogens with one attached hydrogen (secondary N) is 1. The third-order valence-electron chi connectivity index (χ3n) is 3.94. The number of carbonyl (C=O) groups excluding carboxylic acids is 1. The van der Waals surface area contributed by atoms with Crippen LogP contribution < -0.4 is 5.32 Å². The minimum absolute atomic E-state index is 0.185. The average Bonchev–Trinajstić information content (AvgIpc) is 2.45. The molecule has 0 bridgehead atoms. The molecular weight excluding hydrogens is 290 g/mol. The molecule has 0 aromatic rings. The standard InChI is InChI=1S/C18H35N3O2/c1-18(2,3)23-17(22)21-16-12-9-7-5-4-6-8-10-14-19-20-15-11-13-16/h16H,4-15H2,1-3H3,(H,21,22). The first-order valence-electron chi connectivity index (χ1n) is 9.30. The van der Waals surface area contributed by atoms with E-state index in [1.807, 2.05) is 20.8 Å². The van der Waals surface area contributed by atoms with Gasteiger partial charge in [0.15, 0.2) is 0 Å². The van der Waals surface area contributed by atoms with E-state index in [0.29, 0.717) is 0 Å². The molecule has 1 atom stereocenters. The van der Waals surface area contributed by atoms with Crippen LogP contribution in [-0.2, 0) is 4.74 Å². The Morgan fingerprint density at radius 1 is 0.870 bits per heavy atom. The zero-order valence-corrected chi connectivity index (χ0v) is 15.3. The highest BCUT2D eigenvalue weighted by Gasteiger charge is 2.19. The molecule has 0 aromatic heterocycles. The minimum atomic E-state index is -0.446. The van der Waals surface area contributed by atoms with Crippen LogP contribution in [0.5, 0.6) is 0 Å². The molecule has 0 aliphatic carbocycles. The van der Waals surface area contributed by atoms with Gasteiger partial charge in [-0.05, 0) is 46.5 Å². The van der Waals surface area contributed by atoms with Gasteiger partial charge < -0.3 is 10.1 Å². The second-order valence-corrected chi connectivity index (χ2v) is 7.48. The summed E-state index contributed by atoms with van der Waals surface area (Å²) in [4.78, 5) is 12.0. The first kappa shape index (κ1) is 19.9. The Labute approximate surface area is 141 Å². The van der Waals surface area contributed by atoms with Gasteiger partial charge in [-0.15, -0.1) is 0 Å². The first-order chi connectivity index (χ1) is 11.0. The van der Waals surface area contributed by atoms with Gasteiger partial charge in [0, 0.05) is 6.04 Å². The number of carbonyl (C=O) groups is 1. The summed E-state index contributed by atoms with van der Waals surface area (Å²) in [6, 6.07) is 0.185. The summed E-state index contributed by atoms with van der Waals surface area (Å²) in [5.74, 6) is 0. The lowest BCUT2D eigenvalue weighted by Crippen LogP contribution is -2.39. The Kier molecular flexibility index (Phi) is 9.88. The molecule has 0 spiro atoms. The summed E-state index contributed by atoms with van der Waals surface area (Å²) in [6.45, 7) is 7.29. The molecule has 1 N–H and O–H groups in total. The fourth-order valence-electron chi connectivity index (χ4n) is 2.77. The molecule has 1 heterocycles. The van der Waals surface area contributed by atoms with E-state index < -0.39 is 5.60 Å². The average molecular weight is 325 g/mol. The first-order valence-corrected chi connectivity index (χ1v) is 9.30. The number of nitrogens with zero attached hydrogens (tertiary/aromatic N) is 2. The number of ether oxygens (including phenoxy) is 1. The maximum absolute atomic E-state index is 12.0. The molecule has 1 aliphatic heterocycles. The SMILES string of the molecule is CC(C)(C)OC(=O)NC1CCCCCCCCCN=NCCC1. The van der Waals surface area contributed by atoms with Crippen LogP contribution >= 0.6 is 0 Å². The molecular formula is C18H35N3O2. The van der Waals surface area contributed by atoms with Gasteiger partial charge in [0.05, 0.1) is 13.1 Å². The maximum Gasteiger partial charge on any atom is 0.407 e. The van der Waals surface area contributed by atoms with Crippen LogP contribution in [-0.4, -0.2) is 30.8 Å². The van der Waals surface area contributed by atoms with Crippen molar-refractivity contribution in [3.05, 3.63) is 0 Å². The van der Waals surface area contributed by atoms with E-state index >= 15 is 0 Å². The molecule has 134 valence electrons. The second-order valence-electron chi connectivity index (χ2n) is 7.48. The third kappa shape index (κ3) is 12.0. The Bertz CT molecular complexity index is 351. The molecule has 0 aromatic carbocycles. The number of azo groups is 1. The van der Waals surface area contributed by atoms with Crippen LogP contribution in [0.4, 0.5) is 4.79 Å². The molecule has 0 fully saturated rings. The highest BCUT2D eigenvalue weighted by Crippen LogP contribution is 2.14. The molecule has 0 saturated heterocycles. The summed E-state index contributed by atoms with van der Waals surface area (Å²) in [6.07, 6.45) is 11.4. The van der Waals surface area contributed by atoms with E-state index in [4.69, 9.17) is 4.74 Å². The zero-order valence-electron chi connectivity index (χ0n) is 15.3. The van der Waals surface area contributed by atoms with Crippen LogP contribution in [0, 0.1) is 0 Å². The number of amides is 1. The molecule has 23 heavy (non-hydrogen) atoms. The van der Waals surface area contributed by atoms with Crippen LogP contribution in [0.25, 0.3) is 0 Å². The fourth-order valence-corrected chi connectivity index (χ4v) is 2.77. The van der Waals surface area contributed by atoms with E-state index in [1.165, 1.54) is 38.5 Å². The summed E-state index contributed by atoms with van der Waals surface area (Å²) in [5.41, 5.74) is -0.446. The van der Waals surface area contributed by atoms with Gasteiger partial charge in [-0.25, -0.2) is 4.79 Å². The Morgan fingerprint density at radius 3 is 2.04 bits per heavy atom. The van der Waals surface area contributed by atoms with Crippen molar-refractivity contribution in [1.29, 1.82) is 0 Å². The Hall–Kier alpha value is -1.13. The molecule has 1 aliphatic rings. The fraction of sp³-hybridized carbons (Fsp3) is 0.944. The van der Waals surface area contributed by atoms with Gasteiger partial charge in [0.1, 0.15) is 5.60 Å². The van der Waals surface area contributed by atoms with Gasteiger partial charge in [-0.3, -0.25) is 0 Å². The van der Waals surface area contributed by atoms with Crippen LogP contribution in [0.1, 0.15) is 85.0 Å². The summed E-state index contributed by atoms with van der Waals surface area (Å²) >= 11 is 0. The van der Waals surface area contributed by atoms with Crippen molar-refractivity contribution in [3.8, 4) is 0 Å². The van der Waals surface area contributed by atoms with Crippen molar-refractivity contribution in [2.24, 2.45) is 10.2 Å². The van der Waals surface area contributed by atoms with E-state index in [-0.39, 0.29) is 12.1 Å². The normalized spacial score (nSPS) is 22.7. The van der Waals surface area contributed by atoms with Crippen molar-refractivity contribution in [2.45, 2.75) is 96.6 Å². The Morgan fingerprint density at radius 2 is 1.39 bits per heavy atom. The quantitative estimate of drug-likeness (QED) is 0.716. The van der Waals surface area contributed by atoms with Crippen molar-refractivity contribution in [1.82, 2.24) is 5.32 Å². The number of rotatable bonds is 1. The number of hydrogen-bond acceptors (Lipinski definition) is 4. The lowest BCUT2D eigenvalue weighted by atomic mass is 10.0. The maximum atomic E-state index is 12.0. The number of alkyl carbamates (subject to hydrolysis) is 1. The van der Waals surface area contributed by atoms with E-state index in [0.717, 1.165) is 38.8 Å². The molecule has 0 saturated carbocycles. The molecule has 1 unspecified atom stereocenters. The lowest BCUT2D eigenvalue weighted by molar-refractivity contribution is 0.0498. The van der Waals surface area contributed by atoms with Crippen molar-refractivity contribution >= 4 is 6.09 Å². The predicted octanol–water partition coefficient (Wildman–Crippen LogP) is 5.25. The monoisotopic (exact) mass is 325 g/mol. The third-order valence-corrected chi connectivity index (χ3v) is 3.94. The molecule has 1 amide bonds. The lowest BCUT2D eigenvalue weighted by Gasteiger charge is -2.23. The predicted molar refractivity (Wildman–Crippen MR) is 93.9 cm³/mol. The zero-order chi connectivity index (χ0) is 17.0.